The van der Waals surface area contributed by atoms with Crippen molar-refractivity contribution < 1.29 is 24.1 Å². The Morgan fingerprint density at radius 3 is 2.52 bits per heavy atom. The molecule has 1 saturated heterocycles. The van der Waals surface area contributed by atoms with Gasteiger partial charge in [0.15, 0.2) is 0 Å². The van der Waals surface area contributed by atoms with E-state index in [-0.39, 0.29) is 24.3 Å². The molecule has 4 N–H and O–H groups in total. The first kappa shape index (κ1) is 19.4. The second-order valence-electron chi connectivity index (χ2n) is 6.55. The predicted octanol–water partition coefficient (Wildman–Crippen LogP) is 1.01. The average molecular weight is 374 g/mol. The van der Waals surface area contributed by atoms with Gasteiger partial charge in [-0.2, -0.15) is 0 Å². The molecule has 0 saturated carbocycles. The van der Waals surface area contributed by atoms with Crippen molar-refractivity contribution in [2.75, 3.05) is 19.7 Å². The Morgan fingerprint density at radius 2 is 1.89 bits per heavy atom. The minimum Gasteiger partial charge on any atom is -0.460 e. The molecule has 0 unspecified atom stereocenters. The summed E-state index contributed by atoms with van der Waals surface area (Å²) in [4.78, 5) is 12.2. The van der Waals surface area contributed by atoms with Crippen molar-refractivity contribution in [2.24, 2.45) is 0 Å². The Kier molecular flexibility index (Phi) is 6.52. The van der Waals surface area contributed by atoms with E-state index in [4.69, 9.17) is 4.74 Å². The maximum Gasteiger partial charge on any atom is 0.338 e. The van der Waals surface area contributed by atoms with Crippen LogP contribution in [0, 0.1) is 5.82 Å². The van der Waals surface area contributed by atoms with E-state index in [1.54, 1.807) is 0 Å². The molecule has 0 amide bonds. The number of rotatable bonds is 7. The maximum absolute atomic E-state index is 13.0. The van der Waals surface area contributed by atoms with Gasteiger partial charge in [-0.25, -0.2) is 9.18 Å². The summed E-state index contributed by atoms with van der Waals surface area (Å²) in [5.41, 5.74) is 1.21. The van der Waals surface area contributed by atoms with Crippen LogP contribution in [0.1, 0.15) is 22.0 Å². The summed E-state index contributed by atoms with van der Waals surface area (Å²) in [7, 11) is 0. The van der Waals surface area contributed by atoms with Crippen molar-refractivity contribution in [3.05, 3.63) is 71.5 Å². The molecular weight excluding hydrogens is 351 g/mol. The van der Waals surface area contributed by atoms with Crippen LogP contribution in [0.25, 0.3) is 0 Å². The van der Waals surface area contributed by atoms with E-state index in [2.05, 4.69) is 10.6 Å². The number of nitrogens with one attached hydrogen (secondary N) is 2. The summed E-state index contributed by atoms with van der Waals surface area (Å²) in [5.74, 6) is -0.952. The molecular formula is C20H23FN2O4. The molecule has 144 valence electrons. The molecule has 27 heavy (non-hydrogen) atoms. The lowest BCUT2D eigenvalue weighted by Crippen LogP contribution is -2.43. The average Bonchev–Trinajstić information content (AvgIpc) is 3.01. The maximum atomic E-state index is 13.0. The Hall–Kier alpha value is -2.32. The lowest BCUT2D eigenvalue weighted by atomic mass is 10.1. The highest BCUT2D eigenvalue weighted by molar-refractivity contribution is 5.89. The molecule has 7 heteroatoms. The van der Waals surface area contributed by atoms with Crippen LogP contribution in [0.15, 0.2) is 54.6 Å². The monoisotopic (exact) mass is 374 g/mol. The van der Waals surface area contributed by atoms with E-state index in [1.165, 1.54) is 24.3 Å². The van der Waals surface area contributed by atoms with Crippen LogP contribution in [0.4, 0.5) is 4.39 Å². The topological polar surface area (TPSA) is 90.8 Å². The summed E-state index contributed by atoms with van der Waals surface area (Å²) in [5, 5.41) is 25.9. The van der Waals surface area contributed by atoms with Crippen molar-refractivity contribution in [1.82, 2.24) is 10.6 Å². The fourth-order valence-corrected chi connectivity index (χ4v) is 3.03. The van der Waals surface area contributed by atoms with Crippen LogP contribution in [0.5, 0.6) is 0 Å². The predicted molar refractivity (Wildman–Crippen MR) is 97.7 cm³/mol. The summed E-state index contributed by atoms with van der Waals surface area (Å²) < 4.78 is 18.4. The van der Waals surface area contributed by atoms with Gasteiger partial charge in [0.1, 0.15) is 12.4 Å². The van der Waals surface area contributed by atoms with Gasteiger partial charge in [-0.15, -0.1) is 0 Å². The standard InChI is InChI=1S/C20H23FN2O4/c21-15-8-6-14(7-9-15)20(26)27-12-17(13-4-2-1-3-5-13)22-10-16-19(25)18(24)11-23-16/h1-9,16-19,22-25H,10-12H2/t16-,17+,18+,19-/m1/s1. The minimum atomic E-state index is -0.851. The van der Waals surface area contributed by atoms with Crippen LogP contribution in [0.3, 0.4) is 0 Å². The van der Waals surface area contributed by atoms with Crippen LogP contribution in [0.2, 0.25) is 0 Å². The summed E-state index contributed by atoms with van der Waals surface area (Å²) in [6.45, 7) is 0.806. The number of halogens is 1. The zero-order valence-electron chi connectivity index (χ0n) is 14.7. The second-order valence-corrected chi connectivity index (χ2v) is 6.55. The van der Waals surface area contributed by atoms with Crippen LogP contribution in [-0.2, 0) is 4.74 Å². The van der Waals surface area contributed by atoms with E-state index in [0.29, 0.717) is 13.1 Å². The van der Waals surface area contributed by atoms with Gasteiger partial charge in [0.05, 0.1) is 23.8 Å². The molecule has 0 bridgehead atoms. The third kappa shape index (κ3) is 5.11. The largest absolute Gasteiger partial charge is 0.460 e. The first-order valence-corrected chi connectivity index (χ1v) is 8.85. The molecule has 0 radical (unpaired) electrons. The molecule has 2 aromatic carbocycles. The zero-order chi connectivity index (χ0) is 19.2. The van der Waals surface area contributed by atoms with Crippen LogP contribution >= 0.6 is 0 Å². The normalized spacial score (nSPS) is 23.1. The molecule has 0 aromatic heterocycles. The fourth-order valence-electron chi connectivity index (χ4n) is 3.03. The highest BCUT2D eigenvalue weighted by Gasteiger charge is 2.33. The number of ether oxygens (including phenoxy) is 1. The SMILES string of the molecule is O=C(OC[C@H](NC[C@H]1NC[C@H](O)[C@@H]1O)c1ccccc1)c1ccc(F)cc1. The van der Waals surface area contributed by atoms with Crippen LogP contribution in [-0.4, -0.2) is 54.1 Å². The molecule has 0 aliphatic carbocycles. The van der Waals surface area contributed by atoms with Gasteiger partial charge in [0, 0.05) is 19.1 Å². The lowest BCUT2D eigenvalue weighted by Gasteiger charge is -2.23. The number of hydrogen-bond acceptors (Lipinski definition) is 6. The molecule has 1 fully saturated rings. The number of carbonyl (C=O) groups is 1. The highest BCUT2D eigenvalue weighted by atomic mass is 19.1. The molecule has 6 nitrogen and oxygen atoms in total. The van der Waals surface area contributed by atoms with Gasteiger partial charge in [-0.3, -0.25) is 0 Å². The Balaban J connectivity index is 1.62. The number of hydrogen-bond donors (Lipinski definition) is 4. The summed E-state index contributed by atoms with van der Waals surface area (Å²) in [6, 6.07) is 14.1. The zero-order valence-corrected chi connectivity index (χ0v) is 14.7. The minimum absolute atomic E-state index is 0.0750. The van der Waals surface area contributed by atoms with Gasteiger partial charge in [-0.1, -0.05) is 30.3 Å². The van der Waals surface area contributed by atoms with Crippen LogP contribution < -0.4 is 10.6 Å². The van der Waals surface area contributed by atoms with Gasteiger partial charge >= 0.3 is 5.97 Å². The van der Waals surface area contributed by atoms with Gasteiger partial charge in [-0.05, 0) is 29.8 Å². The Bertz CT molecular complexity index is 741. The molecule has 4 atom stereocenters. The molecule has 2 aromatic rings. The summed E-state index contributed by atoms with van der Waals surface area (Å²) in [6.07, 6.45) is -1.64. The van der Waals surface area contributed by atoms with E-state index >= 15 is 0 Å². The number of benzene rings is 2. The molecule has 1 aliphatic heterocycles. The van der Waals surface area contributed by atoms with Gasteiger partial charge in [0.2, 0.25) is 0 Å². The van der Waals surface area contributed by atoms with E-state index < -0.39 is 24.0 Å². The van der Waals surface area contributed by atoms with Gasteiger partial charge < -0.3 is 25.6 Å². The second kappa shape index (κ2) is 9.05. The first-order valence-electron chi connectivity index (χ1n) is 8.85. The summed E-state index contributed by atoms with van der Waals surface area (Å²) >= 11 is 0. The van der Waals surface area contributed by atoms with Crippen molar-refractivity contribution >= 4 is 5.97 Å². The third-order valence-corrected chi connectivity index (χ3v) is 4.64. The number of aliphatic hydroxyl groups excluding tert-OH is 2. The van der Waals surface area contributed by atoms with E-state index in [9.17, 15) is 19.4 Å². The lowest BCUT2D eigenvalue weighted by molar-refractivity contribution is 0.0375. The van der Waals surface area contributed by atoms with Crippen molar-refractivity contribution in [3.63, 3.8) is 0 Å². The number of carbonyl (C=O) groups excluding carboxylic acids is 1. The van der Waals surface area contributed by atoms with Gasteiger partial charge in [0.25, 0.3) is 0 Å². The Morgan fingerprint density at radius 1 is 1.19 bits per heavy atom. The van der Waals surface area contributed by atoms with Crippen molar-refractivity contribution in [2.45, 2.75) is 24.3 Å². The third-order valence-electron chi connectivity index (χ3n) is 4.64. The van der Waals surface area contributed by atoms with Crippen molar-refractivity contribution in [3.8, 4) is 0 Å². The quantitative estimate of drug-likeness (QED) is 0.541. The molecule has 1 aliphatic rings. The number of aliphatic hydroxyl groups is 2. The fraction of sp³-hybridized carbons (Fsp3) is 0.350. The molecule has 0 spiro atoms. The Labute approximate surface area is 157 Å². The number of β-amino-alcohol motifs (C(OH)–C–C–N with tert-alkyl or cyclic N) is 1. The van der Waals surface area contributed by atoms with E-state index in [1.807, 2.05) is 30.3 Å². The highest BCUT2D eigenvalue weighted by Crippen LogP contribution is 2.16. The smallest absolute Gasteiger partial charge is 0.338 e. The molecule has 1 heterocycles. The number of esters is 1. The van der Waals surface area contributed by atoms with E-state index in [0.717, 1.165) is 5.56 Å². The van der Waals surface area contributed by atoms with Crippen molar-refractivity contribution in [1.29, 1.82) is 0 Å². The molecule has 3 rings (SSSR count). The first-order chi connectivity index (χ1) is 13.0.